The van der Waals surface area contributed by atoms with Crippen molar-refractivity contribution in [3.05, 3.63) is 72.2 Å². The number of rotatable bonds is 7. The summed E-state index contributed by atoms with van der Waals surface area (Å²) >= 11 is 0. The quantitative estimate of drug-likeness (QED) is 0.390. The highest BCUT2D eigenvalue weighted by Gasteiger charge is 2.17. The zero-order chi connectivity index (χ0) is 23.4. The summed E-state index contributed by atoms with van der Waals surface area (Å²) in [6, 6.07) is 13.9. The lowest BCUT2D eigenvalue weighted by molar-refractivity contribution is -0.119. The summed E-state index contributed by atoms with van der Waals surface area (Å²) < 4.78 is 36.9. The van der Waals surface area contributed by atoms with E-state index in [9.17, 15) is 18.0 Å². The number of para-hydroxylation sites is 2. The molecular formula is C21H17N5O6S. The number of fused-ring (bicyclic) bond motifs is 1. The van der Waals surface area contributed by atoms with E-state index in [1.165, 1.54) is 36.5 Å². The van der Waals surface area contributed by atoms with Crippen LogP contribution in [0.1, 0.15) is 16.2 Å². The molecule has 2 aromatic heterocycles. The maximum Gasteiger partial charge on any atom is 0.359 e. The smallest absolute Gasteiger partial charge is 0.359 e. The van der Waals surface area contributed by atoms with Gasteiger partial charge in [0.15, 0.2) is 18.1 Å². The van der Waals surface area contributed by atoms with Gasteiger partial charge in [-0.05, 0) is 43.3 Å². The van der Waals surface area contributed by atoms with E-state index >= 15 is 0 Å². The van der Waals surface area contributed by atoms with Crippen molar-refractivity contribution in [2.24, 2.45) is 0 Å². The first-order valence-electron chi connectivity index (χ1n) is 9.55. The van der Waals surface area contributed by atoms with Crippen molar-refractivity contribution in [1.82, 2.24) is 15.1 Å². The maximum atomic E-state index is 12.4. The molecule has 0 radical (unpaired) electrons. The average molecular weight is 467 g/mol. The van der Waals surface area contributed by atoms with Crippen molar-refractivity contribution in [2.45, 2.75) is 11.8 Å². The number of nitrogens with one attached hydrogen (secondary N) is 2. The Balaban J connectivity index is 1.33. The van der Waals surface area contributed by atoms with Crippen LogP contribution in [0.2, 0.25) is 0 Å². The second-order valence-electron chi connectivity index (χ2n) is 6.82. The number of nitrogens with zero attached hydrogens (tertiary/aromatic N) is 3. The maximum absolute atomic E-state index is 12.4. The van der Waals surface area contributed by atoms with Gasteiger partial charge in [0.2, 0.25) is 0 Å². The first-order valence-corrected chi connectivity index (χ1v) is 11.0. The predicted molar refractivity (Wildman–Crippen MR) is 117 cm³/mol. The van der Waals surface area contributed by atoms with E-state index in [1.54, 1.807) is 31.2 Å². The van der Waals surface area contributed by atoms with Gasteiger partial charge in [0.05, 0.1) is 22.1 Å². The van der Waals surface area contributed by atoms with Crippen LogP contribution in [0.25, 0.3) is 11.0 Å². The van der Waals surface area contributed by atoms with Crippen molar-refractivity contribution < 1.29 is 27.3 Å². The third kappa shape index (κ3) is 5.30. The van der Waals surface area contributed by atoms with E-state index in [2.05, 4.69) is 25.2 Å². The Hall–Kier alpha value is -4.32. The minimum absolute atomic E-state index is 0.0223. The molecule has 0 saturated heterocycles. The lowest BCUT2D eigenvalue weighted by Gasteiger charge is -2.08. The summed E-state index contributed by atoms with van der Waals surface area (Å²) in [5.74, 6) is -0.884. The number of aromatic nitrogens is 3. The molecule has 2 aromatic carbocycles. The van der Waals surface area contributed by atoms with Gasteiger partial charge in [-0.25, -0.2) is 18.2 Å². The van der Waals surface area contributed by atoms with Crippen LogP contribution < -0.4 is 10.0 Å². The van der Waals surface area contributed by atoms with Crippen LogP contribution in [0.5, 0.6) is 0 Å². The number of carbonyl (C=O) groups excluding carboxylic acids is 2. The van der Waals surface area contributed by atoms with Gasteiger partial charge >= 0.3 is 5.97 Å². The lowest BCUT2D eigenvalue weighted by atomic mass is 10.3. The fourth-order valence-electron chi connectivity index (χ4n) is 2.79. The Kier molecular flexibility index (Phi) is 6.00. The minimum Gasteiger partial charge on any atom is -0.451 e. The van der Waals surface area contributed by atoms with Crippen LogP contribution >= 0.6 is 0 Å². The largest absolute Gasteiger partial charge is 0.451 e. The summed E-state index contributed by atoms with van der Waals surface area (Å²) in [5, 5.41) is 6.10. The number of ether oxygens (including phenoxy) is 1. The second kappa shape index (κ2) is 9.04. The molecule has 0 aliphatic carbocycles. The first-order chi connectivity index (χ1) is 15.8. The Morgan fingerprint density at radius 2 is 1.79 bits per heavy atom. The number of benzene rings is 2. The highest BCUT2D eigenvalue weighted by atomic mass is 32.2. The van der Waals surface area contributed by atoms with Crippen molar-refractivity contribution in [1.29, 1.82) is 0 Å². The van der Waals surface area contributed by atoms with E-state index in [0.29, 0.717) is 22.5 Å². The Bertz CT molecular complexity index is 1430. The van der Waals surface area contributed by atoms with E-state index in [-0.39, 0.29) is 16.4 Å². The fraction of sp³-hybridized carbons (Fsp3) is 0.0952. The molecule has 0 saturated carbocycles. The van der Waals surface area contributed by atoms with Crippen molar-refractivity contribution in [3.63, 3.8) is 0 Å². The van der Waals surface area contributed by atoms with Gasteiger partial charge in [0, 0.05) is 11.8 Å². The molecule has 4 aromatic rings. The molecule has 0 spiro atoms. The number of carbonyl (C=O) groups is 2. The fourth-order valence-corrected chi connectivity index (χ4v) is 3.77. The highest BCUT2D eigenvalue weighted by Crippen LogP contribution is 2.18. The molecular weight excluding hydrogens is 450 g/mol. The standard InChI is InChI=1S/C21H17N5O6S/c1-13-10-19(25-32-13)26-33(29,30)15-8-6-14(7-9-15)23-20(27)12-31-21(28)18-11-22-16-4-2-3-5-17(16)24-18/h2-11H,12H2,1H3,(H,23,27)(H,25,26). The van der Waals surface area contributed by atoms with Crippen LogP contribution in [-0.2, 0) is 19.6 Å². The van der Waals surface area contributed by atoms with Crippen LogP contribution in [0, 0.1) is 6.92 Å². The first kappa shape index (κ1) is 21.9. The molecule has 33 heavy (non-hydrogen) atoms. The third-order valence-corrected chi connectivity index (χ3v) is 5.68. The van der Waals surface area contributed by atoms with Gasteiger partial charge in [-0.3, -0.25) is 14.5 Å². The highest BCUT2D eigenvalue weighted by molar-refractivity contribution is 7.92. The van der Waals surface area contributed by atoms with Crippen molar-refractivity contribution in [2.75, 3.05) is 16.6 Å². The Labute approximate surface area is 187 Å². The number of sulfonamides is 1. The number of amides is 1. The molecule has 0 atom stereocenters. The molecule has 0 bridgehead atoms. The van der Waals surface area contributed by atoms with Crippen molar-refractivity contribution in [3.8, 4) is 0 Å². The van der Waals surface area contributed by atoms with Crippen LogP contribution in [0.15, 0.2) is 70.2 Å². The number of hydrogen-bond donors (Lipinski definition) is 2. The Morgan fingerprint density at radius 3 is 2.48 bits per heavy atom. The van der Waals surface area contributed by atoms with Gasteiger partial charge < -0.3 is 14.6 Å². The molecule has 11 nitrogen and oxygen atoms in total. The van der Waals surface area contributed by atoms with Gasteiger partial charge in [-0.15, -0.1) is 0 Å². The molecule has 0 unspecified atom stereocenters. The average Bonchev–Trinajstić information content (AvgIpc) is 3.21. The third-order valence-electron chi connectivity index (χ3n) is 4.31. The van der Waals surface area contributed by atoms with E-state index in [4.69, 9.17) is 9.26 Å². The summed E-state index contributed by atoms with van der Waals surface area (Å²) in [7, 11) is -3.88. The molecule has 2 N–H and O–H groups in total. The topological polar surface area (TPSA) is 153 Å². The lowest BCUT2D eigenvalue weighted by Crippen LogP contribution is -2.21. The molecule has 168 valence electrons. The second-order valence-corrected chi connectivity index (χ2v) is 8.50. The molecule has 4 rings (SSSR count). The zero-order valence-electron chi connectivity index (χ0n) is 17.2. The summed E-state index contributed by atoms with van der Waals surface area (Å²) in [5.41, 5.74) is 1.45. The number of hydrogen-bond acceptors (Lipinski definition) is 9. The van der Waals surface area contributed by atoms with Crippen LogP contribution in [-0.4, -0.2) is 42.0 Å². The van der Waals surface area contributed by atoms with E-state index < -0.39 is 28.5 Å². The zero-order valence-corrected chi connectivity index (χ0v) is 18.0. The van der Waals surface area contributed by atoms with E-state index in [1.807, 2.05) is 0 Å². The van der Waals surface area contributed by atoms with E-state index in [0.717, 1.165) is 0 Å². The SMILES string of the molecule is Cc1cc(NS(=O)(=O)c2ccc(NC(=O)COC(=O)c3cnc4ccccc4n3)cc2)no1. The van der Waals surface area contributed by atoms with Crippen molar-refractivity contribution >= 4 is 44.4 Å². The summed E-state index contributed by atoms with van der Waals surface area (Å²) in [6.07, 6.45) is 1.27. The molecule has 12 heteroatoms. The number of anilines is 2. The predicted octanol–water partition coefficient (Wildman–Crippen LogP) is 2.52. The minimum atomic E-state index is -3.88. The number of esters is 1. The van der Waals surface area contributed by atoms with Gasteiger partial charge in [0.25, 0.3) is 15.9 Å². The molecule has 1 amide bonds. The Morgan fingerprint density at radius 1 is 1.06 bits per heavy atom. The molecule has 0 fully saturated rings. The number of aryl methyl sites for hydroxylation is 1. The van der Waals surface area contributed by atoms with Gasteiger partial charge in [-0.1, -0.05) is 17.3 Å². The molecule has 0 aliphatic rings. The molecule has 2 heterocycles. The van der Waals surface area contributed by atoms with Crippen LogP contribution in [0.3, 0.4) is 0 Å². The summed E-state index contributed by atoms with van der Waals surface area (Å²) in [6.45, 7) is 1.08. The molecule has 0 aliphatic heterocycles. The van der Waals surface area contributed by atoms with Gasteiger partial charge in [-0.2, -0.15) is 0 Å². The monoisotopic (exact) mass is 467 g/mol. The summed E-state index contributed by atoms with van der Waals surface area (Å²) in [4.78, 5) is 32.5. The van der Waals surface area contributed by atoms with Gasteiger partial charge in [0.1, 0.15) is 5.76 Å². The van der Waals surface area contributed by atoms with Crippen LogP contribution in [0.4, 0.5) is 11.5 Å². The normalized spacial score (nSPS) is 11.2.